The van der Waals surface area contributed by atoms with Crippen molar-refractivity contribution >= 4 is 34.2 Å². The Bertz CT molecular complexity index is 341. The number of benzene rings is 1. The van der Waals surface area contributed by atoms with Crippen LogP contribution in [-0.2, 0) is 4.79 Å². The zero-order valence-corrected chi connectivity index (χ0v) is 9.97. The Morgan fingerprint density at radius 3 is 2.93 bits per heavy atom. The van der Waals surface area contributed by atoms with Crippen molar-refractivity contribution < 1.29 is 9.18 Å². The number of carbonyl (C=O) groups is 1. The third-order valence-electron chi connectivity index (χ3n) is 1.70. The van der Waals surface area contributed by atoms with Crippen LogP contribution in [0.15, 0.2) is 18.2 Å². The summed E-state index contributed by atoms with van der Waals surface area (Å²) < 4.78 is 13.5. The molecule has 0 saturated carbocycles. The number of nitrogens with one attached hydrogen (secondary N) is 1. The van der Waals surface area contributed by atoms with E-state index < -0.39 is 0 Å². The maximum Gasteiger partial charge on any atom is 0.224 e. The van der Waals surface area contributed by atoms with Crippen LogP contribution < -0.4 is 5.32 Å². The molecule has 0 aliphatic carbocycles. The lowest BCUT2D eigenvalue weighted by molar-refractivity contribution is -0.116. The topological polar surface area (TPSA) is 29.1 Å². The maximum atomic E-state index is 13.1. The van der Waals surface area contributed by atoms with Crippen LogP contribution in [0.2, 0.25) is 0 Å². The summed E-state index contributed by atoms with van der Waals surface area (Å²) >= 11 is 1.88. The Balaban J connectivity index is 2.76. The molecule has 0 saturated heterocycles. The highest BCUT2D eigenvalue weighted by atomic mass is 127. The van der Waals surface area contributed by atoms with Gasteiger partial charge in [0.05, 0.1) is 9.26 Å². The van der Waals surface area contributed by atoms with Gasteiger partial charge in [-0.2, -0.15) is 0 Å². The van der Waals surface area contributed by atoms with Gasteiger partial charge in [-0.15, -0.1) is 0 Å². The highest BCUT2D eigenvalue weighted by Crippen LogP contribution is 2.20. The normalized spacial score (nSPS) is 9.93. The van der Waals surface area contributed by atoms with E-state index in [-0.39, 0.29) is 11.7 Å². The molecule has 1 N–H and O–H groups in total. The van der Waals surface area contributed by atoms with Gasteiger partial charge in [0.1, 0.15) is 5.82 Å². The first-order chi connectivity index (χ1) is 6.65. The highest BCUT2D eigenvalue weighted by molar-refractivity contribution is 14.1. The molecule has 1 aromatic rings. The standard InChI is InChI=1S/C10H11FINO/c1-2-4-9(14)13-8-6-3-5-7(11)10(8)12/h3,5-6H,2,4H2,1H3,(H,13,14). The molecule has 1 amide bonds. The second-order valence-electron chi connectivity index (χ2n) is 2.90. The average molecular weight is 307 g/mol. The van der Waals surface area contributed by atoms with E-state index in [1.165, 1.54) is 6.07 Å². The quantitative estimate of drug-likeness (QED) is 0.854. The van der Waals surface area contributed by atoms with E-state index in [9.17, 15) is 9.18 Å². The molecule has 0 aliphatic rings. The van der Waals surface area contributed by atoms with Crippen LogP contribution in [0.3, 0.4) is 0 Å². The summed E-state index contributed by atoms with van der Waals surface area (Å²) in [5.74, 6) is -0.379. The molecule has 0 aliphatic heterocycles. The number of anilines is 1. The second-order valence-corrected chi connectivity index (χ2v) is 3.98. The fraction of sp³-hybridized carbons (Fsp3) is 0.300. The number of halogens is 2. The van der Waals surface area contributed by atoms with E-state index in [2.05, 4.69) is 5.32 Å². The molecule has 0 heterocycles. The van der Waals surface area contributed by atoms with Crippen molar-refractivity contribution in [3.63, 3.8) is 0 Å². The fourth-order valence-electron chi connectivity index (χ4n) is 1.04. The highest BCUT2D eigenvalue weighted by Gasteiger charge is 2.07. The molecule has 0 fully saturated rings. The number of rotatable bonds is 3. The lowest BCUT2D eigenvalue weighted by atomic mass is 10.3. The van der Waals surface area contributed by atoms with Crippen molar-refractivity contribution in [1.82, 2.24) is 0 Å². The van der Waals surface area contributed by atoms with E-state index in [1.54, 1.807) is 12.1 Å². The first-order valence-corrected chi connectivity index (χ1v) is 5.47. The molecular weight excluding hydrogens is 296 g/mol. The van der Waals surface area contributed by atoms with Gasteiger partial charge in [-0.1, -0.05) is 13.0 Å². The second kappa shape index (κ2) is 5.29. The molecule has 76 valence electrons. The Hall–Kier alpha value is -0.650. The van der Waals surface area contributed by atoms with Crippen molar-refractivity contribution in [3.8, 4) is 0 Å². The van der Waals surface area contributed by atoms with Crippen LogP contribution >= 0.6 is 22.6 Å². The van der Waals surface area contributed by atoms with Crippen LogP contribution in [0.4, 0.5) is 10.1 Å². The molecule has 14 heavy (non-hydrogen) atoms. The molecule has 1 rings (SSSR count). The van der Waals surface area contributed by atoms with E-state index in [4.69, 9.17) is 0 Å². The lowest BCUT2D eigenvalue weighted by Gasteiger charge is -2.06. The Kier molecular flexibility index (Phi) is 4.31. The fourth-order valence-corrected chi connectivity index (χ4v) is 1.53. The minimum Gasteiger partial charge on any atom is -0.325 e. The third-order valence-corrected chi connectivity index (χ3v) is 2.80. The van der Waals surface area contributed by atoms with Gasteiger partial charge in [0.15, 0.2) is 0 Å². The molecule has 0 atom stereocenters. The minimum atomic E-state index is -0.306. The van der Waals surface area contributed by atoms with Gasteiger partial charge in [0, 0.05) is 6.42 Å². The summed E-state index contributed by atoms with van der Waals surface area (Å²) in [6.07, 6.45) is 1.25. The van der Waals surface area contributed by atoms with Gasteiger partial charge in [-0.05, 0) is 41.1 Å². The third kappa shape index (κ3) is 2.94. The number of hydrogen-bond acceptors (Lipinski definition) is 1. The van der Waals surface area contributed by atoms with Crippen LogP contribution in [-0.4, -0.2) is 5.91 Å². The van der Waals surface area contributed by atoms with Gasteiger partial charge in [0.2, 0.25) is 5.91 Å². The average Bonchev–Trinajstić information content (AvgIpc) is 2.13. The molecule has 0 spiro atoms. The molecule has 0 aromatic heterocycles. The number of carbonyl (C=O) groups excluding carboxylic acids is 1. The van der Waals surface area contributed by atoms with Gasteiger partial charge >= 0.3 is 0 Å². The summed E-state index contributed by atoms with van der Waals surface area (Å²) in [7, 11) is 0. The van der Waals surface area contributed by atoms with Crippen LogP contribution in [0.25, 0.3) is 0 Å². The summed E-state index contributed by atoms with van der Waals surface area (Å²) in [5.41, 5.74) is 0.545. The van der Waals surface area contributed by atoms with Crippen molar-refractivity contribution in [3.05, 3.63) is 27.6 Å². The molecule has 4 heteroatoms. The summed E-state index contributed by atoms with van der Waals surface area (Å²) in [6.45, 7) is 1.93. The first kappa shape index (κ1) is 11.4. The Morgan fingerprint density at radius 1 is 1.57 bits per heavy atom. The van der Waals surface area contributed by atoms with Gasteiger partial charge < -0.3 is 5.32 Å². The SMILES string of the molecule is CCCC(=O)Nc1cccc(F)c1I. The van der Waals surface area contributed by atoms with Crippen LogP contribution in [0, 0.1) is 9.39 Å². The Morgan fingerprint density at radius 2 is 2.29 bits per heavy atom. The van der Waals surface area contributed by atoms with Crippen LogP contribution in [0.5, 0.6) is 0 Å². The predicted molar refractivity (Wildman–Crippen MR) is 62.7 cm³/mol. The van der Waals surface area contributed by atoms with Crippen molar-refractivity contribution in [1.29, 1.82) is 0 Å². The van der Waals surface area contributed by atoms with E-state index in [0.29, 0.717) is 15.7 Å². The van der Waals surface area contributed by atoms with E-state index >= 15 is 0 Å². The van der Waals surface area contributed by atoms with Gasteiger partial charge in [0.25, 0.3) is 0 Å². The molecule has 0 bridgehead atoms. The predicted octanol–water partition coefficient (Wildman–Crippen LogP) is 3.17. The minimum absolute atomic E-state index is 0.0731. The maximum absolute atomic E-state index is 13.1. The van der Waals surface area contributed by atoms with Crippen LogP contribution in [0.1, 0.15) is 19.8 Å². The van der Waals surface area contributed by atoms with Crippen molar-refractivity contribution in [2.24, 2.45) is 0 Å². The smallest absolute Gasteiger partial charge is 0.224 e. The molecule has 2 nitrogen and oxygen atoms in total. The molecule has 0 unspecified atom stereocenters. The zero-order chi connectivity index (χ0) is 10.6. The van der Waals surface area contributed by atoms with Gasteiger partial charge in [-0.3, -0.25) is 4.79 Å². The molecular formula is C10H11FINO. The Labute approximate surface area is 96.0 Å². The van der Waals surface area contributed by atoms with Crippen molar-refractivity contribution in [2.45, 2.75) is 19.8 Å². The largest absolute Gasteiger partial charge is 0.325 e. The van der Waals surface area contributed by atoms with Crippen molar-refractivity contribution in [2.75, 3.05) is 5.32 Å². The van der Waals surface area contributed by atoms with E-state index in [0.717, 1.165) is 6.42 Å². The van der Waals surface area contributed by atoms with Gasteiger partial charge in [-0.25, -0.2) is 4.39 Å². The summed E-state index contributed by atoms with van der Waals surface area (Å²) in [4.78, 5) is 11.2. The summed E-state index contributed by atoms with van der Waals surface area (Å²) in [6, 6.07) is 4.65. The molecule has 0 radical (unpaired) electrons. The number of amides is 1. The first-order valence-electron chi connectivity index (χ1n) is 4.39. The lowest BCUT2D eigenvalue weighted by Crippen LogP contribution is -2.11. The van der Waals surface area contributed by atoms with E-state index in [1.807, 2.05) is 29.5 Å². The zero-order valence-electron chi connectivity index (χ0n) is 7.81. The monoisotopic (exact) mass is 307 g/mol. The molecule has 1 aromatic carbocycles. The number of hydrogen-bond donors (Lipinski definition) is 1. The summed E-state index contributed by atoms with van der Waals surface area (Å²) in [5, 5.41) is 2.67.